The number of fused-ring (bicyclic) bond motifs is 2. The van der Waals surface area contributed by atoms with Gasteiger partial charge in [0.25, 0.3) is 0 Å². The van der Waals surface area contributed by atoms with Crippen LogP contribution in [0.25, 0.3) is 27.7 Å². The van der Waals surface area contributed by atoms with E-state index >= 15 is 0 Å². The van der Waals surface area contributed by atoms with Crippen molar-refractivity contribution >= 4 is 16.6 Å². The fourth-order valence-electron chi connectivity index (χ4n) is 3.43. The molecule has 29 heavy (non-hydrogen) atoms. The Morgan fingerprint density at radius 3 is 2.79 bits per heavy atom. The molecule has 3 heterocycles. The predicted molar refractivity (Wildman–Crippen MR) is 110 cm³/mol. The fourth-order valence-corrected chi connectivity index (χ4v) is 3.43. The molecule has 0 aliphatic rings. The van der Waals surface area contributed by atoms with Crippen LogP contribution in [0.15, 0.2) is 66.9 Å². The lowest BCUT2D eigenvalue weighted by Gasteiger charge is -2.06. The van der Waals surface area contributed by atoms with Gasteiger partial charge in [-0.15, -0.1) is 10.2 Å². The lowest BCUT2D eigenvalue weighted by atomic mass is 10.0. The van der Waals surface area contributed by atoms with Crippen molar-refractivity contribution in [2.45, 2.75) is 13.3 Å². The van der Waals surface area contributed by atoms with E-state index in [2.05, 4.69) is 44.5 Å². The molecule has 0 N–H and O–H groups in total. The molecule has 5 aromatic rings. The van der Waals surface area contributed by atoms with Gasteiger partial charge in [0.2, 0.25) is 0 Å². The first-order valence-corrected chi connectivity index (χ1v) is 9.27. The smallest absolute Gasteiger partial charge is 0.177 e. The van der Waals surface area contributed by atoms with E-state index in [4.69, 9.17) is 5.26 Å². The van der Waals surface area contributed by atoms with Gasteiger partial charge in [-0.25, -0.2) is 0 Å². The molecule has 0 unspecified atom stereocenters. The molecule has 0 aliphatic heterocycles. The molecule has 0 amide bonds. The van der Waals surface area contributed by atoms with Gasteiger partial charge in [0.05, 0.1) is 22.8 Å². The summed E-state index contributed by atoms with van der Waals surface area (Å²) in [5.74, 6) is 0.800. The van der Waals surface area contributed by atoms with E-state index in [9.17, 15) is 0 Å². The van der Waals surface area contributed by atoms with E-state index in [1.165, 1.54) is 0 Å². The Hall–Kier alpha value is -4.11. The largest absolute Gasteiger partial charge is 0.256 e. The zero-order valence-corrected chi connectivity index (χ0v) is 15.7. The number of hydrogen-bond acceptors (Lipinski definition) is 5. The number of nitrogens with zero attached hydrogens (tertiary/aromatic N) is 6. The Morgan fingerprint density at radius 1 is 0.966 bits per heavy atom. The molecule has 2 aromatic carbocycles. The highest BCUT2D eigenvalue weighted by atomic mass is 15.4. The van der Waals surface area contributed by atoms with Gasteiger partial charge in [-0.1, -0.05) is 18.2 Å². The predicted octanol–water partition coefficient (Wildman–Crippen LogP) is 4.11. The highest BCUT2D eigenvalue weighted by Crippen LogP contribution is 2.25. The van der Waals surface area contributed by atoms with Crippen LogP contribution in [0.1, 0.15) is 22.6 Å². The minimum Gasteiger partial charge on any atom is -0.256 e. The van der Waals surface area contributed by atoms with Crippen molar-refractivity contribution in [3.63, 3.8) is 0 Å². The molecule has 0 saturated carbocycles. The molecule has 6 nitrogen and oxygen atoms in total. The molecule has 0 fully saturated rings. The van der Waals surface area contributed by atoms with E-state index in [-0.39, 0.29) is 0 Å². The first-order chi connectivity index (χ1) is 14.2. The van der Waals surface area contributed by atoms with E-state index in [1.807, 2.05) is 49.5 Å². The quantitative estimate of drug-likeness (QED) is 0.473. The minimum atomic E-state index is 0.627. The molecule has 0 bridgehead atoms. The molecule has 6 heteroatoms. The Kier molecular flexibility index (Phi) is 3.99. The first kappa shape index (κ1) is 17.0. The molecule has 138 valence electrons. The average Bonchev–Trinajstić information content (AvgIpc) is 3.15. The number of benzene rings is 2. The summed E-state index contributed by atoms with van der Waals surface area (Å²) in [5, 5.41) is 23.2. The standard InChI is InChI=1S/C23H16N6/c1-15-5-8-22-26-27-23(29(22)28-15)11-16-6-7-21-19(9-16)12-20(14-25-21)18-4-2-3-17(10-18)13-24/h2-10,12,14H,11H2,1H3. The minimum absolute atomic E-state index is 0.627. The first-order valence-electron chi connectivity index (χ1n) is 9.27. The van der Waals surface area contributed by atoms with Crippen LogP contribution in [-0.2, 0) is 6.42 Å². The van der Waals surface area contributed by atoms with Crippen molar-refractivity contribution < 1.29 is 0 Å². The van der Waals surface area contributed by atoms with Crippen molar-refractivity contribution in [3.05, 3.63) is 89.5 Å². The van der Waals surface area contributed by atoms with Crippen molar-refractivity contribution in [2.75, 3.05) is 0 Å². The Morgan fingerprint density at radius 2 is 1.90 bits per heavy atom. The van der Waals surface area contributed by atoms with E-state index in [1.54, 1.807) is 10.6 Å². The van der Waals surface area contributed by atoms with Crippen LogP contribution < -0.4 is 0 Å². The van der Waals surface area contributed by atoms with Crippen LogP contribution in [0, 0.1) is 18.3 Å². The molecule has 0 atom stereocenters. The van der Waals surface area contributed by atoms with Gasteiger partial charge < -0.3 is 0 Å². The van der Waals surface area contributed by atoms with Crippen molar-refractivity contribution in [2.24, 2.45) is 0 Å². The Bertz CT molecular complexity index is 1410. The molecule has 3 aromatic heterocycles. The van der Waals surface area contributed by atoms with E-state index in [0.29, 0.717) is 12.0 Å². The average molecular weight is 376 g/mol. The molecule has 0 saturated heterocycles. The van der Waals surface area contributed by atoms with Gasteiger partial charge in [0, 0.05) is 23.6 Å². The number of rotatable bonds is 3. The van der Waals surface area contributed by atoms with E-state index in [0.717, 1.165) is 44.8 Å². The van der Waals surface area contributed by atoms with Gasteiger partial charge in [0.15, 0.2) is 11.5 Å². The lowest BCUT2D eigenvalue weighted by Crippen LogP contribution is -2.01. The Balaban J connectivity index is 1.53. The number of pyridine rings is 1. The Labute approximate surface area is 167 Å². The molecule has 0 spiro atoms. The fraction of sp³-hybridized carbons (Fsp3) is 0.0870. The second kappa shape index (κ2) is 6.80. The van der Waals surface area contributed by atoms with Crippen LogP contribution in [0.5, 0.6) is 0 Å². The molecule has 0 aliphatic carbocycles. The third-order valence-electron chi connectivity index (χ3n) is 4.89. The number of aromatic nitrogens is 5. The second-order valence-electron chi connectivity index (χ2n) is 6.98. The second-order valence-corrected chi connectivity index (χ2v) is 6.98. The highest BCUT2D eigenvalue weighted by Gasteiger charge is 2.09. The van der Waals surface area contributed by atoms with Crippen molar-refractivity contribution in [3.8, 4) is 17.2 Å². The van der Waals surface area contributed by atoms with Crippen LogP contribution in [0.2, 0.25) is 0 Å². The van der Waals surface area contributed by atoms with Crippen molar-refractivity contribution in [1.29, 1.82) is 5.26 Å². The van der Waals surface area contributed by atoms with Crippen LogP contribution >= 0.6 is 0 Å². The SMILES string of the molecule is Cc1ccc2nnc(Cc3ccc4ncc(-c5cccc(C#N)c5)cc4c3)n2n1. The van der Waals surface area contributed by atoms with Gasteiger partial charge in [-0.3, -0.25) is 4.98 Å². The van der Waals surface area contributed by atoms with Gasteiger partial charge >= 0.3 is 0 Å². The number of nitriles is 1. The topological polar surface area (TPSA) is 79.8 Å². The third kappa shape index (κ3) is 3.19. The number of aryl methyl sites for hydroxylation is 1. The summed E-state index contributed by atoms with van der Waals surface area (Å²) in [7, 11) is 0. The zero-order chi connectivity index (χ0) is 19.8. The lowest BCUT2D eigenvalue weighted by molar-refractivity contribution is 0.821. The van der Waals surface area contributed by atoms with Crippen LogP contribution in [-0.4, -0.2) is 24.8 Å². The van der Waals surface area contributed by atoms with Gasteiger partial charge in [-0.2, -0.15) is 14.9 Å². The molecular formula is C23H16N6. The molecule has 0 radical (unpaired) electrons. The third-order valence-corrected chi connectivity index (χ3v) is 4.89. The van der Waals surface area contributed by atoms with Gasteiger partial charge in [0.1, 0.15) is 0 Å². The highest BCUT2D eigenvalue weighted by molar-refractivity contribution is 5.84. The van der Waals surface area contributed by atoms with Crippen LogP contribution in [0.3, 0.4) is 0 Å². The summed E-state index contributed by atoms with van der Waals surface area (Å²) in [6, 6.07) is 21.9. The summed E-state index contributed by atoms with van der Waals surface area (Å²) in [6.07, 6.45) is 2.47. The normalized spacial score (nSPS) is 11.0. The summed E-state index contributed by atoms with van der Waals surface area (Å²) >= 11 is 0. The summed E-state index contributed by atoms with van der Waals surface area (Å²) in [5.41, 5.74) is 6.30. The summed E-state index contributed by atoms with van der Waals surface area (Å²) in [4.78, 5) is 4.58. The maximum absolute atomic E-state index is 9.15. The zero-order valence-electron chi connectivity index (χ0n) is 15.7. The van der Waals surface area contributed by atoms with Gasteiger partial charge in [-0.05, 0) is 60.5 Å². The summed E-state index contributed by atoms with van der Waals surface area (Å²) < 4.78 is 1.79. The number of hydrogen-bond donors (Lipinski definition) is 0. The van der Waals surface area contributed by atoms with Crippen molar-refractivity contribution in [1.82, 2.24) is 24.8 Å². The van der Waals surface area contributed by atoms with E-state index < -0.39 is 0 Å². The maximum atomic E-state index is 9.15. The maximum Gasteiger partial charge on any atom is 0.177 e. The molecule has 5 rings (SSSR count). The summed E-state index contributed by atoms with van der Waals surface area (Å²) in [6.45, 7) is 1.95. The monoisotopic (exact) mass is 376 g/mol. The van der Waals surface area contributed by atoms with Crippen LogP contribution in [0.4, 0.5) is 0 Å². The molecular weight excluding hydrogens is 360 g/mol.